The van der Waals surface area contributed by atoms with Gasteiger partial charge in [-0.15, -0.1) is 10.2 Å². The predicted octanol–water partition coefficient (Wildman–Crippen LogP) is -0.0823. The van der Waals surface area contributed by atoms with Gasteiger partial charge in [0.05, 0.1) is 25.1 Å². The van der Waals surface area contributed by atoms with E-state index in [-0.39, 0.29) is 41.3 Å². The van der Waals surface area contributed by atoms with Gasteiger partial charge in [0.1, 0.15) is 23.8 Å². The van der Waals surface area contributed by atoms with Crippen molar-refractivity contribution >= 4 is 34.6 Å². The largest absolute Gasteiger partial charge is 0.464 e. The van der Waals surface area contributed by atoms with Gasteiger partial charge in [0.2, 0.25) is 16.7 Å². The van der Waals surface area contributed by atoms with E-state index in [0.29, 0.717) is 0 Å². The standard InChI is InChI=1S/C20H28ClN9O6/c1-6-34-17(33)20(5,16-26-28-30(27-16)19(2,3)4)35-7-9-11(31)12(32)15(36-9)29-8-23-10-13(22)24-18(21)25-14(10)29/h8-9,11-12,15,31-32H,6-7H2,1-5H3,(H2,22,24,25)/t9-,11-,12-,15-,20?/m1/s1. The van der Waals surface area contributed by atoms with Gasteiger partial charge in [-0.25, -0.2) is 9.78 Å². The number of ether oxygens (including phenoxy) is 3. The summed E-state index contributed by atoms with van der Waals surface area (Å²) in [6, 6.07) is 0. The van der Waals surface area contributed by atoms with Crippen LogP contribution in [0.5, 0.6) is 0 Å². The van der Waals surface area contributed by atoms with E-state index in [1.807, 2.05) is 20.8 Å². The molecule has 3 aromatic heterocycles. The van der Waals surface area contributed by atoms with Crippen LogP contribution in [0.15, 0.2) is 6.33 Å². The van der Waals surface area contributed by atoms with Gasteiger partial charge in [0, 0.05) is 0 Å². The van der Waals surface area contributed by atoms with Crippen LogP contribution in [0.4, 0.5) is 5.82 Å². The Morgan fingerprint density at radius 2 is 1.97 bits per heavy atom. The highest BCUT2D eigenvalue weighted by Crippen LogP contribution is 2.34. The van der Waals surface area contributed by atoms with Gasteiger partial charge in [-0.05, 0) is 51.4 Å². The summed E-state index contributed by atoms with van der Waals surface area (Å²) >= 11 is 5.92. The number of hydrogen-bond acceptors (Lipinski definition) is 13. The molecule has 1 saturated heterocycles. The highest BCUT2D eigenvalue weighted by molar-refractivity contribution is 6.28. The molecule has 5 atom stereocenters. The predicted molar refractivity (Wildman–Crippen MR) is 123 cm³/mol. The second-order valence-corrected chi connectivity index (χ2v) is 9.72. The highest BCUT2D eigenvalue weighted by atomic mass is 35.5. The fourth-order valence-electron chi connectivity index (χ4n) is 3.62. The lowest BCUT2D eigenvalue weighted by Crippen LogP contribution is -2.43. The average molecular weight is 526 g/mol. The molecule has 0 radical (unpaired) electrons. The summed E-state index contributed by atoms with van der Waals surface area (Å²) in [6.07, 6.45) is -3.58. The minimum absolute atomic E-state index is 0.0251. The fraction of sp³-hybridized carbons (Fsp3) is 0.650. The van der Waals surface area contributed by atoms with Crippen molar-refractivity contribution in [3.8, 4) is 0 Å². The molecular formula is C20H28ClN9O6. The van der Waals surface area contributed by atoms with E-state index in [1.54, 1.807) is 6.92 Å². The van der Waals surface area contributed by atoms with Crippen LogP contribution in [-0.2, 0) is 30.1 Å². The second-order valence-electron chi connectivity index (χ2n) is 9.39. The van der Waals surface area contributed by atoms with Crippen molar-refractivity contribution in [1.82, 2.24) is 39.7 Å². The quantitative estimate of drug-likeness (QED) is 0.273. The number of carbonyl (C=O) groups excluding carboxylic acids is 1. The maximum atomic E-state index is 12.9. The van der Waals surface area contributed by atoms with E-state index in [4.69, 9.17) is 31.5 Å². The van der Waals surface area contributed by atoms with E-state index >= 15 is 0 Å². The van der Waals surface area contributed by atoms with Crippen molar-refractivity contribution in [3.05, 3.63) is 17.4 Å². The van der Waals surface area contributed by atoms with E-state index in [1.165, 1.54) is 22.6 Å². The number of carbonyl (C=O) groups is 1. The molecule has 1 aliphatic heterocycles. The summed E-state index contributed by atoms with van der Waals surface area (Å²) in [5, 5.41) is 33.6. The Labute approximate surface area is 210 Å². The second kappa shape index (κ2) is 9.48. The lowest BCUT2D eigenvalue weighted by molar-refractivity contribution is -0.180. The Balaban J connectivity index is 1.57. The van der Waals surface area contributed by atoms with Crippen LogP contribution in [0.1, 0.15) is 46.7 Å². The van der Waals surface area contributed by atoms with E-state index in [9.17, 15) is 15.0 Å². The lowest BCUT2D eigenvalue weighted by Gasteiger charge is -2.26. The number of tetrazole rings is 1. The van der Waals surface area contributed by atoms with E-state index < -0.39 is 41.6 Å². The summed E-state index contributed by atoms with van der Waals surface area (Å²) in [5.74, 6) is -0.717. The number of aliphatic hydroxyl groups excluding tert-OH is 2. The summed E-state index contributed by atoms with van der Waals surface area (Å²) < 4.78 is 18.4. The van der Waals surface area contributed by atoms with Crippen LogP contribution in [0.2, 0.25) is 5.28 Å². The van der Waals surface area contributed by atoms with Crippen LogP contribution in [0, 0.1) is 0 Å². The molecule has 0 spiro atoms. The first-order chi connectivity index (χ1) is 16.9. The number of fused-ring (bicyclic) bond motifs is 1. The Bertz CT molecular complexity index is 1260. The summed E-state index contributed by atoms with van der Waals surface area (Å²) in [6.45, 7) is 8.48. The Morgan fingerprint density at radius 3 is 2.61 bits per heavy atom. The first kappa shape index (κ1) is 26.1. The number of aromatic nitrogens is 8. The maximum Gasteiger partial charge on any atom is 0.346 e. The third-order valence-electron chi connectivity index (χ3n) is 5.67. The van der Waals surface area contributed by atoms with Crippen molar-refractivity contribution in [1.29, 1.82) is 0 Å². The minimum Gasteiger partial charge on any atom is -0.464 e. The van der Waals surface area contributed by atoms with Crippen LogP contribution in [-0.4, -0.2) is 87.4 Å². The molecule has 4 rings (SSSR count). The Kier molecular flexibility index (Phi) is 6.87. The molecule has 3 aromatic rings. The molecule has 0 aliphatic carbocycles. The van der Waals surface area contributed by atoms with Gasteiger partial charge in [-0.2, -0.15) is 14.8 Å². The molecule has 36 heavy (non-hydrogen) atoms. The first-order valence-corrected chi connectivity index (χ1v) is 11.5. The zero-order chi connectivity index (χ0) is 26.4. The number of esters is 1. The van der Waals surface area contributed by atoms with Gasteiger partial charge >= 0.3 is 5.97 Å². The van der Waals surface area contributed by atoms with Crippen molar-refractivity contribution in [2.75, 3.05) is 18.9 Å². The van der Waals surface area contributed by atoms with Crippen LogP contribution in [0.3, 0.4) is 0 Å². The molecule has 1 aliphatic rings. The fourth-order valence-corrected chi connectivity index (χ4v) is 3.79. The lowest BCUT2D eigenvalue weighted by atomic mass is 10.1. The molecule has 4 N–H and O–H groups in total. The van der Waals surface area contributed by atoms with Crippen molar-refractivity contribution < 1.29 is 29.2 Å². The van der Waals surface area contributed by atoms with Gasteiger partial charge in [0.15, 0.2) is 17.7 Å². The number of rotatable bonds is 7. The van der Waals surface area contributed by atoms with Gasteiger partial charge in [-0.1, -0.05) is 0 Å². The molecular weight excluding hydrogens is 498 g/mol. The van der Waals surface area contributed by atoms with Crippen molar-refractivity contribution in [3.63, 3.8) is 0 Å². The molecule has 16 heteroatoms. The minimum atomic E-state index is -1.76. The Hall–Kier alpha value is -2.98. The Morgan fingerprint density at radius 1 is 1.25 bits per heavy atom. The smallest absolute Gasteiger partial charge is 0.346 e. The highest BCUT2D eigenvalue weighted by Gasteiger charge is 2.48. The normalized spacial score (nSPS) is 24.2. The number of halogens is 1. The van der Waals surface area contributed by atoms with Crippen LogP contribution in [0.25, 0.3) is 11.2 Å². The monoisotopic (exact) mass is 525 g/mol. The number of hydrogen-bond donors (Lipinski definition) is 3. The van der Waals surface area contributed by atoms with Crippen molar-refractivity contribution in [2.45, 2.75) is 70.3 Å². The number of nitrogens with two attached hydrogens (primary N) is 1. The van der Waals surface area contributed by atoms with Gasteiger partial charge < -0.3 is 30.2 Å². The number of aliphatic hydroxyl groups is 2. The zero-order valence-electron chi connectivity index (χ0n) is 20.4. The van der Waals surface area contributed by atoms with Gasteiger partial charge in [-0.3, -0.25) is 4.57 Å². The van der Waals surface area contributed by atoms with E-state index in [0.717, 1.165) is 0 Å². The van der Waals surface area contributed by atoms with Gasteiger partial charge in [0.25, 0.3) is 0 Å². The number of anilines is 1. The summed E-state index contributed by atoms with van der Waals surface area (Å²) in [4.78, 5) is 26.3. The molecule has 0 saturated carbocycles. The third kappa shape index (κ3) is 4.59. The molecule has 1 fully saturated rings. The number of nitrogens with zero attached hydrogens (tertiary/aromatic N) is 8. The number of imidazole rings is 1. The van der Waals surface area contributed by atoms with Crippen LogP contribution >= 0.6 is 11.6 Å². The topological polar surface area (TPSA) is 198 Å². The summed E-state index contributed by atoms with van der Waals surface area (Å²) in [7, 11) is 0. The molecule has 0 aromatic carbocycles. The maximum absolute atomic E-state index is 12.9. The molecule has 4 heterocycles. The van der Waals surface area contributed by atoms with E-state index in [2.05, 4.69) is 30.4 Å². The molecule has 196 valence electrons. The third-order valence-corrected chi connectivity index (χ3v) is 5.84. The molecule has 15 nitrogen and oxygen atoms in total. The zero-order valence-corrected chi connectivity index (χ0v) is 21.1. The summed E-state index contributed by atoms with van der Waals surface area (Å²) in [5.41, 5.74) is 4.06. The SMILES string of the molecule is CCOC(=O)C(C)(OC[C@H]1O[C@@H](n2cnc3c(N)nc(Cl)nc32)[C@H](O)[C@@H]1O)c1nnn(C(C)(C)C)n1. The number of nitrogen functional groups attached to an aromatic ring is 1. The van der Waals surface area contributed by atoms with Crippen LogP contribution < -0.4 is 5.73 Å². The first-order valence-electron chi connectivity index (χ1n) is 11.2. The average Bonchev–Trinajstić information content (AvgIpc) is 3.52. The molecule has 0 amide bonds. The molecule has 0 bridgehead atoms. The van der Waals surface area contributed by atoms with Crippen molar-refractivity contribution in [2.24, 2.45) is 0 Å². The molecule has 1 unspecified atom stereocenters.